The molecule has 0 saturated carbocycles. The van der Waals surface area contributed by atoms with Crippen molar-refractivity contribution in [2.75, 3.05) is 13.6 Å². The van der Waals surface area contributed by atoms with Gasteiger partial charge in [0.15, 0.2) is 5.69 Å². The average molecular weight is 363 g/mol. The number of hydrogen-bond donors (Lipinski definition) is 4. The van der Waals surface area contributed by atoms with E-state index in [1.54, 1.807) is 25.1 Å². The Morgan fingerprint density at radius 3 is 2.92 bits per heavy atom. The van der Waals surface area contributed by atoms with Gasteiger partial charge in [0.1, 0.15) is 0 Å². The number of aromatic amines is 1. The van der Waals surface area contributed by atoms with Gasteiger partial charge in [0.25, 0.3) is 5.91 Å². The highest BCUT2D eigenvalue weighted by atomic mass is 32.2. The lowest BCUT2D eigenvalue weighted by atomic mass is 10.1. The predicted molar refractivity (Wildman–Crippen MR) is 92.6 cm³/mol. The van der Waals surface area contributed by atoms with Gasteiger partial charge in [-0.15, -0.1) is 0 Å². The molecule has 1 atom stereocenters. The molecule has 1 unspecified atom stereocenters. The largest absolute Gasteiger partial charge is 0.344 e. The van der Waals surface area contributed by atoms with E-state index in [4.69, 9.17) is 0 Å². The molecule has 1 aliphatic heterocycles. The van der Waals surface area contributed by atoms with E-state index in [1.807, 2.05) is 0 Å². The Morgan fingerprint density at radius 1 is 1.36 bits per heavy atom. The van der Waals surface area contributed by atoms with Crippen LogP contribution in [0, 0.1) is 0 Å². The zero-order valence-electron chi connectivity index (χ0n) is 14.1. The lowest BCUT2D eigenvalue weighted by Crippen LogP contribution is -2.30. The van der Waals surface area contributed by atoms with Crippen LogP contribution in [-0.2, 0) is 23.0 Å². The Labute approximate surface area is 146 Å². The van der Waals surface area contributed by atoms with E-state index in [0.29, 0.717) is 17.8 Å². The third-order valence-electron chi connectivity index (χ3n) is 4.31. The van der Waals surface area contributed by atoms with E-state index < -0.39 is 10.0 Å². The molecule has 4 N–H and O–H groups in total. The molecule has 134 valence electrons. The Hall–Kier alpha value is -2.23. The van der Waals surface area contributed by atoms with Crippen LogP contribution in [0.1, 0.15) is 40.3 Å². The third kappa shape index (κ3) is 3.58. The standard InChI is InChI=1S/C16H21N5O3S/c1-10(11-4-3-5-12(8-11)25(23,24)17-2)19-16(22)15-13-9-18-7-6-14(13)20-21-15/h3-5,8,10,17-18H,6-7,9H2,1-2H3,(H,19,22)(H,20,21). The van der Waals surface area contributed by atoms with Crippen LogP contribution in [0.5, 0.6) is 0 Å². The fourth-order valence-corrected chi connectivity index (χ4v) is 3.61. The summed E-state index contributed by atoms with van der Waals surface area (Å²) in [6.07, 6.45) is 0.815. The van der Waals surface area contributed by atoms with Crippen molar-refractivity contribution in [3.05, 3.63) is 46.8 Å². The minimum atomic E-state index is -3.53. The van der Waals surface area contributed by atoms with Gasteiger partial charge in [-0.3, -0.25) is 9.89 Å². The van der Waals surface area contributed by atoms with Crippen LogP contribution in [0.15, 0.2) is 29.2 Å². The molecule has 3 rings (SSSR count). The summed E-state index contributed by atoms with van der Waals surface area (Å²) >= 11 is 0. The van der Waals surface area contributed by atoms with Gasteiger partial charge in [-0.1, -0.05) is 12.1 Å². The fraction of sp³-hybridized carbons (Fsp3) is 0.375. The normalized spacial score (nSPS) is 15.4. The molecule has 0 fully saturated rings. The highest BCUT2D eigenvalue weighted by Gasteiger charge is 2.23. The minimum absolute atomic E-state index is 0.162. The minimum Gasteiger partial charge on any atom is -0.344 e. The van der Waals surface area contributed by atoms with Crippen LogP contribution < -0.4 is 15.4 Å². The van der Waals surface area contributed by atoms with Gasteiger partial charge in [0.2, 0.25) is 10.0 Å². The van der Waals surface area contributed by atoms with Crippen molar-refractivity contribution in [3.63, 3.8) is 0 Å². The molecule has 0 bridgehead atoms. The van der Waals surface area contributed by atoms with Gasteiger partial charge in [0.05, 0.1) is 10.9 Å². The van der Waals surface area contributed by atoms with E-state index in [1.165, 1.54) is 13.1 Å². The van der Waals surface area contributed by atoms with Crippen LogP contribution >= 0.6 is 0 Å². The van der Waals surface area contributed by atoms with Crippen molar-refractivity contribution in [3.8, 4) is 0 Å². The summed E-state index contributed by atoms with van der Waals surface area (Å²) in [6, 6.07) is 6.14. The molecule has 0 saturated heterocycles. The monoisotopic (exact) mass is 363 g/mol. The second-order valence-corrected chi connectivity index (χ2v) is 7.82. The first-order valence-corrected chi connectivity index (χ1v) is 9.52. The number of hydrogen-bond acceptors (Lipinski definition) is 5. The SMILES string of the molecule is CNS(=O)(=O)c1cccc(C(C)NC(=O)c2n[nH]c3c2CNCC3)c1. The number of H-pyrrole nitrogens is 1. The molecular weight excluding hydrogens is 342 g/mol. The maximum Gasteiger partial charge on any atom is 0.272 e. The Balaban J connectivity index is 1.78. The van der Waals surface area contributed by atoms with Gasteiger partial charge in [-0.2, -0.15) is 5.10 Å². The van der Waals surface area contributed by atoms with E-state index in [2.05, 4.69) is 25.6 Å². The van der Waals surface area contributed by atoms with Crippen molar-refractivity contribution in [2.45, 2.75) is 30.8 Å². The van der Waals surface area contributed by atoms with Gasteiger partial charge < -0.3 is 10.6 Å². The highest BCUT2D eigenvalue weighted by Crippen LogP contribution is 2.19. The molecule has 25 heavy (non-hydrogen) atoms. The molecule has 9 heteroatoms. The first kappa shape index (κ1) is 17.6. The smallest absolute Gasteiger partial charge is 0.272 e. The molecule has 1 aromatic carbocycles. The lowest BCUT2D eigenvalue weighted by molar-refractivity contribution is 0.0933. The number of nitrogens with one attached hydrogen (secondary N) is 4. The number of benzene rings is 1. The van der Waals surface area contributed by atoms with E-state index in [-0.39, 0.29) is 16.8 Å². The van der Waals surface area contributed by atoms with Crippen molar-refractivity contribution >= 4 is 15.9 Å². The zero-order valence-corrected chi connectivity index (χ0v) is 14.9. The van der Waals surface area contributed by atoms with Crippen molar-refractivity contribution < 1.29 is 13.2 Å². The van der Waals surface area contributed by atoms with Gasteiger partial charge in [-0.25, -0.2) is 13.1 Å². The number of carbonyl (C=O) groups excluding carboxylic acids is 1. The third-order valence-corrected chi connectivity index (χ3v) is 5.72. The Morgan fingerprint density at radius 2 is 2.16 bits per heavy atom. The van der Waals surface area contributed by atoms with Crippen molar-refractivity contribution in [1.82, 2.24) is 25.6 Å². The van der Waals surface area contributed by atoms with Crippen LogP contribution in [0.4, 0.5) is 0 Å². The van der Waals surface area contributed by atoms with Crippen molar-refractivity contribution in [1.29, 1.82) is 0 Å². The van der Waals surface area contributed by atoms with Crippen LogP contribution in [-0.4, -0.2) is 38.1 Å². The number of rotatable bonds is 5. The van der Waals surface area contributed by atoms with E-state index >= 15 is 0 Å². The molecule has 0 radical (unpaired) electrons. The average Bonchev–Trinajstić information content (AvgIpc) is 3.06. The number of amides is 1. The van der Waals surface area contributed by atoms with Gasteiger partial charge in [0, 0.05) is 30.8 Å². The molecule has 2 heterocycles. The molecule has 8 nitrogen and oxygen atoms in total. The summed E-state index contributed by atoms with van der Waals surface area (Å²) < 4.78 is 26.1. The first-order valence-electron chi connectivity index (χ1n) is 8.03. The molecule has 0 aliphatic carbocycles. The quantitative estimate of drug-likeness (QED) is 0.616. The van der Waals surface area contributed by atoms with Crippen molar-refractivity contribution in [2.24, 2.45) is 0 Å². The molecule has 0 spiro atoms. The Kier molecular flexibility index (Phi) is 4.89. The number of nitrogens with zero attached hydrogens (tertiary/aromatic N) is 1. The summed E-state index contributed by atoms with van der Waals surface area (Å²) in [7, 11) is -2.16. The molecule has 1 aromatic heterocycles. The summed E-state index contributed by atoms with van der Waals surface area (Å²) in [6.45, 7) is 3.28. The van der Waals surface area contributed by atoms with Gasteiger partial charge >= 0.3 is 0 Å². The van der Waals surface area contributed by atoms with Crippen LogP contribution in [0.2, 0.25) is 0 Å². The predicted octanol–water partition coefficient (Wildman–Crippen LogP) is 0.454. The topological polar surface area (TPSA) is 116 Å². The fourth-order valence-electron chi connectivity index (χ4n) is 2.83. The number of sulfonamides is 1. The summed E-state index contributed by atoms with van der Waals surface area (Å²) in [5.74, 6) is -0.282. The number of carbonyl (C=O) groups is 1. The number of fused-ring (bicyclic) bond motifs is 1. The maximum atomic E-state index is 12.5. The van der Waals surface area contributed by atoms with Crippen LogP contribution in [0.25, 0.3) is 0 Å². The maximum absolute atomic E-state index is 12.5. The molecule has 1 aliphatic rings. The second-order valence-electron chi connectivity index (χ2n) is 5.93. The summed E-state index contributed by atoms with van der Waals surface area (Å²) in [4.78, 5) is 12.7. The van der Waals surface area contributed by atoms with E-state index in [9.17, 15) is 13.2 Å². The molecular formula is C16H21N5O3S. The lowest BCUT2D eigenvalue weighted by Gasteiger charge is -2.16. The number of aromatic nitrogens is 2. The Bertz CT molecular complexity index is 891. The van der Waals surface area contributed by atoms with E-state index in [0.717, 1.165) is 24.2 Å². The first-order chi connectivity index (χ1) is 11.9. The van der Waals surface area contributed by atoms with Gasteiger partial charge in [-0.05, 0) is 31.7 Å². The molecule has 1 amide bonds. The summed E-state index contributed by atoms with van der Waals surface area (Å²) in [5, 5.41) is 13.2. The molecule has 2 aromatic rings. The summed E-state index contributed by atoms with van der Waals surface area (Å²) in [5.41, 5.74) is 2.96. The second kappa shape index (κ2) is 6.95. The highest BCUT2D eigenvalue weighted by molar-refractivity contribution is 7.89. The van der Waals surface area contributed by atoms with Crippen LogP contribution in [0.3, 0.4) is 0 Å². The zero-order chi connectivity index (χ0) is 18.0.